The molecular formula is C12H21NO2. The highest BCUT2D eigenvalue weighted by Crippen LogP contribution is 2.09. The van der Waals surface area contributed by atoms with E-state index in [-0.39, 0.29) is 5.91 Å². The van der Waals surface area contributed by atoms with Gasteiger partial charge in [-0.15, -0.1) is 12.3 Å². The third-order valence-electron chi connectivity index (χ3n) is 2.48. The first-order valence-corrected chi connectivity index (χ1v) is 5.32. The predicted molar refractivity (Wildman–Crippen MR) is 61.2 cm³/mol. The van der Waals surface area contributed by atoms with E-state index >= 15 is 0 Å². The monoisotopic (exact) mass is 211 g/mol. The van der Waals surface area contributed by atoms with Gasteiger partial charge in [-0.3, -0.25) is 4.79 Å². The first-order valence-electron chi connectivity index (χ1n) is 5.32. The van der Waals surface area contributed by atoms with Gasteiger partial charge in [-0.05, 0) is 33.6 Å². The fourth-order valence-electron chi connectivity index (χ4n) is 1.04. The van der Waals surface area contributed by atoms with E-state index in [1.165, 1.54) is 0 Å². The van der Waals surface area contributed by atoms with Crippen molar-refractivity contribution in [3.8, 4) is 12.3 Å². The normalized spacial score (nSPS) is 13.0. The van der Waals surface area contributed by atoms with Crippen LogP contribution in [-0.4, -0.2) is 22.7 Å². The second kappa shape index (κ2) is 6.47. The number of hydrogen-bond donors (Lipinski definition) is 2. The van der Waals surface area contributed by atoms with Crippen molar-refractivity contribution in [2.45, 2.75) is 58.1 Å². The molecule has 1 unspecified atom stereocenters. The zero-order chi connectivity index (χ0) is 11.9. The van der Waals surface area contributed by atoms with Gasteiger partial charge in [-0.25, -0.2) is 0 Å². The molecule has 0 fully saturated rings. The van der Waals surface area contributed by atoms with Crippen molar-refractivity contribution in [2.24, 2.45) is 0 Å². The van der Waals surface area contributed by atoms with Crippen molar-refractivity contribution in [1.29, 1.82) is 0 Å². The van der Waals surface area contributed by atoms with E-state index < -0.39 is 11.6 Å². The first-order chi connectivity index (χ1) is 6.90. The van der Waals surface area contributed by atoms with Crippen LogP contribution in [0.4, 0.5) is 0 Å². The Morgan fingerprint density at radius 3 is 2.60 bits per heavy atom. The molecule has 0 aromatic carbocycles. The molecule has 0 rings (SSSR count). The molecule has 0 radical (unpaired) electrons. The number of rotatable bonds is 6. The van der Waals surface area contributed by atoms with Crippen molar-refractivity contribution in [3.63, 3.8) is 0 Å². The second-order valence-electron chi connectivity index (χ2n) is 4.36. The Morgan fingerprint density at radius 2 is 2.13 bits per heavy atom. The van der Waals surface area contributed by atoms with E-state index in [2.05, 4.69) is 11.2 Å². The molecule has 0 heterocycles. The molecule has 1 amide bonds. The standard InChI is InChI=1S/C12H21NO2/c1-5-6-7-8-9-11(15)13-12(3,4)10(2)14/h1,10,14H,6-9H2,2-4H3,(H,13,15). The summed E-state index contributed by atoms with van der Waals surface area (Å²) in [6, 6.07) is 0. The zero-order valence-electron chi connectivity index (χ0n) is 9.84. The van der Waals surface area contributed by atoms with Crippen LogP contribution in [0.5, 0.6) is 0 Å². The van der Waals surface area contributed by atoms with Gasteiger partial charge >= 0.3 is 0 Å². The van der Waals surface area contributed by atoms with Crippen LogP contribution in [0.1, 0.15) is 46.5 Å². The summed E-state index contributed by atoms with van der Waals surface area (Å²) in [7, 11) is 0. The Hall–Kier alpha value is -1.01. The van der Waals surface area contributed by atoms with Gasteiger partial charge < -0.3 is 10.4 Å². The summed E-state index contributed by atoms with van der Waals surface area (Å²) in [6.45, 7) is 5.27. The number of nitrogens with one attached hydrogen (secondary N) is 1. The topological polar surface area (TPSA) is 49.3 Å². The van der Waals surface area contributed by atoms with Gasteiger partial charge in [-0.1, -0.05) is 0 Å². The first kappa shape index (κ1) is 14.0. The minimum absolute atomic E-state index is 0.0297. The maximum absolute atomic E-state index is 11.5. The summed E-state index contributed by atoms with van der Waals surface area (Å²) in [5, 5.41) is 12.2. The number of aliphatic hydroxyl groups is 1. The minimum atomic E-state index is -0.566. The van der Waals surface area contributed by atoms with Crippen LogP contribution in [0.15, 0.2) is 0 Å². The van der Waals surface area contributed by atoms with Crippen LogP contribution in [0.3, 0.4) is 0 Å². The lowest BCUT2D eigenvalue weighted by atomic mass is 9.98. The fraction of sp³-hybridized carbons (Fsp3) is 0.750. The Balaban J connectivity index is 3.80. The SMILES string of the molecule is C#CCCCCC(=O)NC(C)(C)C(C)O. The van der Waals surface area contributed by atoms with E-state index in [0.717, 1.165) is 12.8 Å². The second-order valence-corrected chi connectivity index (χ2v) is 4.36. The molecule has 2 N–H and O–H groups in total. The molecule has 3 heteroatoms. The van der Waals surface area contributed by atoms with Gasteiger partial charge in [0, 0.05) is 12.8 Å². The summed E-state index contributed by atoms with van der Waals surface area (Å²) in [4.78, 5) is 11.5. The Labute approximate surface area is 92.3 Å². The van der Waals surface area contributed by atoms with Gasteiger partial charge in [0.1, 0.15) is 0 Å². The number of carbonyl (C=O) groups excluding carboxylic acids is 1. The average molecular weight is 211 g/mol. The highest BCUT2D eigenvalue weighted by Gasteiger charge is 2.25. The summed E-state index contributed by atoms with van der Waals surface area (Å²) < 4.78 is 0. The quantitative estimate of drug-likeness (QED) is 0.516. The molecule has 0 saturated carbocycles. The van der Waals surface area contributed by atoms with Crippen LogP contribution in [0.2, 0.25) is 0 Å². The van der Waals surface area contributed by atoms with E-state index in [1.54, 1.807) is 20.8 Å². The molecule has 0 aromatic heterocycles. The maximum atomic E-state index is 11.5. The number of hydrogen-bond acceptors (Lipinski definition) is 2. The largest absolute Gasteiger partial charge is 0.391 e. The fourth-order valence-corrected chi connectivity index (χ4v) is 1.04. The van der Waals surface area contributed by atoms with Gasteiger partial charge in [0.2, 0.25) is 5.91 Å². The lowest BCUT2D eigenvalue weighted by molar-refractivity contribution is -0.124. The van der Waals surface area contributed by atoms with E-state index in [1.807, 2.05) is 0 Å². The van der Waals surface area contributed by atoms with E-state index in [4.69, 9.17) is 6.42 Å². The minimum Gasteiger partial charge on any atom is -0.391 e. The number of aliphatic hydroxyl groups excluding tert-OH is 1. The summed E-state index contributed by atoms with van der Waals surface area (Å²) >= 11 is 0. The highest BCUT2D eigenvalue weighted by atomic mass is 16.3. The van der Waals surface area contributed by atoms with Crippen LogP contribution in [-0.2, 0) is 4.79 Å². The number of carbonyl (C=O) groups is 1. The van der Waals surface area contributed by atoms with Gasteiger partial charge in [0.25, 0.3) is 0 Å². The molecular weight excluding hydrogens is 190 g/mol. The van der Waals surface area contributed by atoms with Crippen molar-refractivity contribution in [1.82, 2.24) is 5.32 Å². The molecule has 0 aliphatic rings. The van der Waals surface area contributed by atoms with Crippen molar-refractivity contribution in [2.75, 3.05) is 0 Å². The van der Waals surface area contributed by atoms with E-state index in [9.17, 15) is 9.90 Å². The average Bonchev–Trinajstić information content (AvgIpc) is 2.11. The molecule has 0 aromatic rings. The van der Waals surface area contributed by atoms with Crippen molar-refractivity contribution >= 4 is 5.91 Å². The predicted octanol–water partition coefficient (Wildman–Crippen LogP) is 1.46. The van der Waals surface area contributed by atoms with Crippen LogP contribution >= 0.6 is 0 Å². The summed E-state index contributed by atoms with van der Waals surface area (Å²) in [5.41, 5.74) is -0.566. The maximum Gasteiger partial charge on any atom is 0.220 e. The molecule has 0 aliphatic heterocycles. The molecule has 3 nitrogen and oxygen atoms in total. The Kier molecular flexibility index (Phi) is 6.03. The third-order valence-corrected chi connectivity index (χ3v) is 2.48. The lowest BCUT2D eigenvalue weighted by Gasteiger charge is -2.29. The molecule has 86 valence electrons. The number of unbranched alkanes of at least 4 members (excludes halogenated alkanes) is 2. The van der Waals surface area contributed by atoms with E-state index in [0.29, 0.717) is 12.8 Å². The smallest absolute Gasteiger partial charge is 0.220 e. The Morgan fingerprint density at radius 1 is 1.53 bits per heavy atom. The molecule has 0 bridgehead atoms. The number of terminal acetylenes is 1. The summed E-state index contributed by atoms with van der Waals surface area (Å²) in [5.74, 6) is 2.51. The third kappa shape index (κ3) is 6.14. The van der Waals surface area contributed by atoms with Crippen LogP contribution < -0.4 is 5.32 Å². The molecule has 15 heavy (non-hydrogen) atoms. The summed E-state index contributed by atoms with van der Waals surface area (Å²) in [6.07, 6.45) is 7.40. The molecule has 0 aliphatic carbocycles. The van der Waals surface area contributed by atoms with Gasteiger partial charge in [0.15, 0.2) is 0 Å². The van der Waals surface area contributed by atoms with Gasteiger partial charge in [0.05, 0.1) is 11.6 Å². The number of amides is 1. The van der Waals surface area contributed by atoms with Gasteiger partial charge in [-0.2, -0.15) is 0 Å². The lowest BCUT2D eigenvalue weighted by Crippen LogP contribution is -2.50. The molecule has 0 spiro atoms. The zero-order valence-corrected chi connectivity index (χ0v) is 9.84. The van der Waals surface area contributed by atoms with Crippen LogP contribution in [0.25, 0.3) is 0 Å². The van der Waals surface area contributed by atoms with Crippen molar-refractivity contribution < 1.29 is 9.90 Å². The molecule has 1 atom stereocenters. The molecule has 0 saturated heterocycles. The Bertz CT molecular complexity index is 238. The van der Waals surface area contributed by atoms with Crippen LogP contribution in [0, 0.1) is 12.3 Å². The van der Waals surface area contributed by atoms with Crippen molar-refractivity contribution in [3.05, 3.63) is 0 Å². The highest BCUT2D eigenvalue weighted by molar-refractivity contribution is 5.76.